The molecule has 1 saturated heterocycles. The van der Waals surface area contributed by atoms with Crippen molar-refractivity contribution in [3.63, 3.8) is 0 Å². The van der Waals surface area contributed by atoms with E-state index in [1.165, 1.54) is 38.1 Å². The Labute approximate surface area is 118 Å². The Morgan fingerprint density at radius 3 is 2.61 bits per heavy atom. The zero-order chi connectivity index (χ0) is 13.6. The first kappa shape index (κ1) is 16.3. The van der Waals surface area contributed by atoms with Crippen molar-refractivity contribution in [2.24, 2.45) is 0 Å². The fraction of sp³-hybridized carbons (Fsp3) is 1.00. The molecule has 3 heteroatoms. The zero-order valence-electron chi connectivity index (χ0n) is 13.0. The Morgan fingerprint density at radius 2 is 2.06 bits per heavy atom. The highest BCUT2D eigenvalue weighted by atomic mass is 32.2. The molecule has 2 atom stereocenters. The molecule has 1 rings (SSSR count). The van der Waals surface area contributed by atoms with E-state index >= 15 is 0 Å². The van der Waals surface area contributed by atoms with Gasteiger partial charge in [0.2, 0.25) is 0 Å². The van der Waals surface area contributed by atoms with Crippen LogP contribution in [0.15, 0.2) is 0 Å². The van der Waals surface area contributed by atoms with Gasteiger partial charge in [-0.25, -0.2) is 0 Å². The van der Waals surface area contributed by atoms with Gasteiger partial charge < -0.3 is 5.32 Å². The van der Waals surface area contributed by atoms with E-state index in [-0.39, 0.29) is 5.54 Å². The molecule has 0 aliphatic carbocycles. The topological polar surface area (TPSA) is 15.3 Å². The number of rotatable bonds is 6. The van der Waals surface area contributed by atoms with Gasteiger partial charge in [-0.1, -0.05) is 20.3 Å². The summed E-state index contributed by atoms with van der Waals surface area (Å²) in [4.78, 5) is 2.73. The molecule has 18 heavy (non-hydrogen) atoms. The van der Waals surface area contributed by atoms with E-state index in [9.17, 15) is 0 Å². The highest BCUT2D eigenvalue weighted by Gasteiger charge is 2.25. The monoisotopic (exact) mass is 272 g/mol. The van der Waals surface area contributed by atoms with E-state index in [1.54, 1.807) is 0 Å². The van der Waals surface area contributed by atoms with Crippen molar-refractivity contribution in [2.45, 2.75) is 70.7 Å². The van der Waals surface area contributed by atoms with Crippen molar-refractivity contribution in [1.29, 1.82) is 0 Å². The quantitative estimate of drug-likeness (QED) is 0.798. The molecule has 0 radical (unpaired) electrons. The molecule has 0 spiro atoms. The summed E-state index contributed by atoms with van der Waals surface area (Å²) >= 11 is 2.16. The average Bonchev–Trinajstić information content (AvgIpc) is 2.33. The summed E-state index contributed by atoms with van der Waals surface area (Å²) < 4.78 is 0. The highest BCUT2D eigenvalue weighted by Crippen LogP contribution is 2.23. The minimum Gasteiger partial charge on any atom is -0.311 e. The Bertz CT molecular complexity index is 225. The summed E-state index contributed by atoms with van der Waals surface area (Å²) in [5.41, 5.74) is 0.237. The van der Waals surface area contributed by atoms with Crippen LogP contribution in [0.4, 0.5) is 0 Å². The largest absolute Gasteiger partial charge is 0.311 e. The van der Waals surface area contributed by atoms with Crippen LogP contribution in [0.1, 0.15) is 53.9 Å². The van der Waals surface area contributed by atoms with Crippen LogP contribution in [-0.2, 0) is 0 Å². The molecular weight excluding hydrogens is 240 g/mol. The van der Waals surface area contributed by atoms with Gasteiger partial charge in [-0.3, -0.25) is 4.90 Å². The normalized spacial score (nSPS) is 24.2. The molecule has 0 aromatic heterocycles. The molecule has 1 heterocycles. The first-order valence-corrected chi connectivity index (χ1v) is 8.61. The van der Waals surface area contributed by atoms with E-state index in [0.717, 1.165) is 17.8 Å². The lowest BCUT2D eigenvalue weighted by atomic mass is 10.1. The molecule has 0 bridgehead atoms. The van der Waals surface area contributed by atoms with Crippen LogP contribution in [0.3, 0.4) is 0 Å². The van der Waals surface area contributed by atoms with E-state index in [1.807, 2.05) is 0 Å². The summed E-state index contributed by atoms with van der Waals surface area (Å²) in [6.07, 6.45) is 3.92. The molecule has 0 saturated carbocycles. The minimum absolute atomic E-state index is 0.237. The van der Waals surface area contributed by atoms with Crippen molar-refractivity contribution in [1.82, 2.24) is 10.2 Å². The van der Waals surface area contributed by atoms with Crippen LogP contribution in [0, 0.1) is 0 Å². The summed E-state index contributed by atoms with van der Waals surface area (Å²) in [5, 5.41) is 4.54. The lowest BCUT2D eigenvalue weighted by Crippen LogP contribution is -2.51. The molecule has 1 aliphatic rings. The van der Waals surface area contributed by atoms with Crippen LogP contribution in [0.2, 0.25) is 0 Å². The first-order valence-electron chi connectivity index (χ1n) is 7.57. The first-order chi connectivity index (χ1) is 8.46. The third-order valence-corrected chi connectivity index (χ3v) is 5.00. The second-order valence-corrected chi connectivity index (χ2v) is 7.88. The van der Waals surface area contributed by atoms with Gasteiger partial charge in [-0.15, -0.1) is 0 Å². The standard InChI is InChI=1S/C15H32N2S/c1-6-8-13(11-16-15(3,4)5)17-9-10-18-14(7-2)12-17/h13-14,16H,6-12H2,1-5H3. The second kappa shape index (κ2) is 7.76. The maximum atomic E-state index is 3.69. The van der Waals surface area contributed by atoms with E-state index in [2.05, 4.69) is 56.6 Å². The van der Waals surface area contributed by atoms with Gasteiger partial charge in [-0.2, -0.15) is 11.8 Å². The van der Waals surface area contributed by atoms with E-state index in [4.69, 9.17) is 0 Å². The van der Waals surface area contributed by atoms with Crippen LogP contribution < -0.4 is 5.32 Å². The molecule has 1 N–H and O–H groups in total. The van der Waals surface area contributed by atoms with E-state index in [0.29, 0.717) is 0 Å². The summed E-state index contributed by atoms with van der Waals surface area (Å²) in [6.45, 7) is 15.1. The van der Waals surface area contributed by atoms with Crippen LogP contribution >= 0.6 is 11.8 Å². The maximum Gasteiger partial charge on any atom is 0.0221 e. The predicted octanol–water partition coefficient (Wildman–Crippen LogP) is 3.37. The van der Waals surface area contributed by atoms with Crippen LogP contribution in [0.25, 0.3) is 0 Å². The lowest BCUT2D eigenvalue weighted by molar-refractivity contribution is 0.177. The van der Waals surface area contributed by atoms with Gasteiger partial charge in [0.1, 0.15) is 0 Å². The van der Waals surface area contributed by atoms with Crippen LogP contribution in [0.5, 0.6) is 0 Å². The van der Waals surface area contributed by atoms with Crippen LogP contribution in [-0.4, -0.2) is 47.1 Å². The van der Waals surface area contributed by atoms with Crippen molar-refractivity contribution in [2.75, 3.05) is 25.4 Å². The molecule has 108 valence electrons. The molecule has 2 nitrogen and oxygen atoms in total. The van der Waals surface area contributed by atoms with Gasteiger partial charge >= 0.3 is 0 Å². The average molecular weight is 273 g/mol. The molecule has 2 unspecified atom stereocenters. The molecule has 0 aromatic carbocycles. The number of hydrogen-bond acceptors (Lipinski definition) is 3. The third-order valence-electron chi connectivity index (χ3n) is 3.63. The Kier molecular flexibility index (Phi) is 7.04. The number of nitrogens with zero attached hydrogens (tertiary/aromatic N) is 1. The van der Waals surface area contributed by atoms with Crippen molar-refractivity contribution in [3.8, 4) is 0 Å². The zero-order valence-corrected chi connectivity index (χ0v) is 13.8. The Morgan fingerprint density at radius 1 is 1.33 bits per heavy atom. The molecule has 1 fully saturated rings. The number of nitrogens with one attached hydrogen (secondary N) is 1. The summed E-state index contributed by atoms with van der Waals surface area (Å²) in [6, 6.07) is 0.726. The van der Waals surface area contributed by atoms with Gasteiger partial charge in [0, 0.05) is 42.2 Å². The lowest BCUT2D eigenvalue weighted by Gasteiger charge is -2.39. The smallest absolute Gasteiger partial charge is 0.0221 e. The van der Waals surface area contributed by atoms with Gasteiger partial charge in [0.05, 0.1) is 0 Å². The van der Waals surface area contributed by atoms with Gasteiger partial charge in [-0.05, 0) is 33.6 Å². The maximum absolute atomic E-state index is 3.69. The Hall–Kier alpha value is 0.270. The fourth-order valence-electron chi connectivity index (χ4n) is 2.49. The molecule has 0 amide bonds. The number of hydrogen-bond donors (Lipinski definition) is 1. The van der Waals surface area contributed by atoms with Gasteiger partial charge in [0.15, 0.2) is 0 Å². The molecule has 1 aliphatic heterocycles. The van der Waals surface area contributed by atoms with Crippen molar-refractivity contribution < 1.29 is 0 Å². The number of thioether (sulfide) groups is 1. The third kappa shape index (κ3) is 5.94. The fourth-order valence-corrected chi connectivity index (χ4v) is 3.70. The SMILES string of the molecule is CCCC(CNC(C)(C)C)N1CCSC(CC)C1. The van der Waals surface area contributed by atoms with Crippen molar-refractivity contribution >= 4 is 11.8 Å². The predicted molar refractivity (Wildman–Crippen MR) is 84.6 cm³/mol. The molecule has 0 aromatic rings. The second-order valence-electron chi connectivity index (χ2n) is 6.47. The minimum atomic E-state index is 0.237. The van der Waals surface area contributed by atoms with Gasteiger partial charge in [0.25, 0.3) is 0 Å². The van der Waals surface area contributed by atoms with E-state index < -0.39 is 0 Å². The van der Waals surface area contributed by atoms with Crippen molar-refractivity contribution in [3.05, 3.63) is 0 Å². The highest BCUT2D eigenvalue weighted by molar-refractivity contribution is 8.00. The molecular formula is C15H32N2S. The summed E-state index contributed by atoms with van der Waals surface area (Å²) in [5.74, 6) is 1.31. The summed E-state index contributed by atoms with van der Waals surface area (Å²) in [7, 11) is 0. The Balaban J connectivity index is 2.49.